The number of amides is 2. The third kappa shape index (κ3) is 4.97. The molecule has 0 saturated carbocycles. The standard InChI is InChI=1S/C22H19ClF2N4O2/c1-12-15(13(2)29(28-12)11-14-5-3-4-6-17(14)23)7-8-21(30)27-20-9-16(22(26)31)18(24)10-19(20)25/h3-10H,11H2,1-2H3,(H2,26,31)(H,27,30)/b8-7+. The number of nitrogens with one attached hydrogen (secondary N) is 1. The molecule has 0 aliphatic carbocycles. The topological polar surface area (TPSA) is 90.0 Å². The van der Waals surface area contributed by atoms with E-state index in [2.05, 4.69) is 10.4 Å². The van der Waals surface area contributed by atoms with Crippen LogP contribution in [0, 0.1) is 25.5 Å². The summed E-state index contributed by atoms with van der Waals surface area (Å²) < 4.78 is 29.3. The highest BCUT2D eigenvalue weighted by Crippen LogP contribution is 2.21. The van der Waals surface area contributed by atoms with Gasteiger partial charge in [-0.2, -0.15) is 5.10 Å². The SMILES string of the molecule is Cc1nn(Cc2ccccc2Cl)c(C)c1/C=C/C(=O)Nc1cc(C(N)=O)c(F)cc1F. The zero-order valence-electron chi connectivity index (χ0n) is 16.7. The predicted molar refractivity (Wildman–Crippen MR) is 115 cm³/mol. The number of aryl methyl sites for hydroxylation is 1. The summed E-state index contributed by atoms with van der Waals surface area (Å²) in [6.45, 7) is 4.11. The van der Waals surface area contributed by atoms with Crippen molar-refractivity contribution in [3.63, 3.8) is 0 Å². The molecular formula is C22H19ClF2N4O2. The quantitative estimate of drug-likeness (QED) is 0.557. The first-order chi connectivity index (χ1) is 14.7. The normalized spacial score (nSPS) is 11.1. The highest BCUT2D eigenvalue weighted by Gasteiger charge is 2.15. The lowest BCUT2D eigenvalue weighted by Gasteiger charge is -2.07. The number of halogens is 3. The Morgan fingerprint density at radius 2 is 1.90 bits per heavy atom. The fourth-order valence-corrected chi connectivity index (χ4v) is 3.26. The number of hydrogen-bond acceptors (Lipinski definition) is 3. The summed E-state index contributed by atoms with van der Waals surface area (Å²) in [6.07, 6.45) is 2.75. The molecule has 160 valence electrons. The maximum Gasteiger partial charge on any atom is 0.251 e. The van der Waals surface area contributed by atoms with Gasteiger partial charge in [0, 0.05) is 28.4 Å². The van der Waals surface area contributed by atoms with Gasteiger partial charge in [-0.15, -0.1) is 0 Å². The summed E-state index contributed by atoms with van der Waals surface area (Å²) in [5.41, 5.74) is 7.31. The second-order valence-corrected chi connectivity index (χ2v) is 7.24. The van der Waals surface area contributed by atoms with Crippen LogP contribution in [0.2, 0.25) is 5.02 Å². The van der Waals surface area contributed by atoms with Crippen LogP contribution < -0.4 is 11.1 Å². The first-order valence-electron chi connectivity index (χ1n) is 9.22. The van der Waals surface area contributed by atoms with Crippen molar-refractivity contribution in [2.45, 2.75) is 20.4 Å². The van der Waals surface area contributed by atoms with E-state index in [-0.39, 0.29) is 5.69 Å². The van der Waals surface area contributed by atoms with Gasteiger partial charge in [0.15, 0.2) is 0 Å². The Bertz CT molecular complexity index is 1200. The summed E-state index contributed by atoms with van der Waals surface area (Å²) in [7, 11) is 0. The Kier molecular flexibility index (Phi) is 6.50. The van der Waals surface area contributed by atoms with Crippen LogP contribution in [0.4, 0.5) is 14.5 Å². The number of aromatic nitrogens is 2. The molecule has 3 rings (SSSR count). The van der Waals surface area contributed by atoms with Gasteiger partial charge in [-0.1, -0.05) is 29.8 Å². The largest absolute Gasteiger partial charge is 0.366 e. The summed E-state index contributed by atoms with van der Waals surface area (Å²) in [6, 6.07) is 8.78. The van der Waals surface area contributed by atoms with Gasteiger partial charge in [-0.25, -0.2) is 8.78 Å². The molecule has 0 bridgehead atoms. The van der Waals surface area contributed by atoms with Gasteiger partial charge in [-0.05, 0) is 37.6 Å². The van der Waals surface area contributed by atoms with Crippen molar-refractivity contribution >= 4 is 35.2 Å². The lowest BCUT2D eigenvalue weighted by atomic mass is 10.1. The molecule has 0 spiro atoms. The Labute approximate surface area is 182 Å². The van der Waals surface area contributed by atoms with E-state index in [0.717, 1.165) is 22.9 Å². The molecular weight excluding hydrogens is 426 g/mol. The number of nitrogens with two attached hydrogens (primary N) is 1. The molecule has 0 atom stereocenters. The van der Waals surface area contributed by atoms with Gasteiger partial charge in [0.05, 0.1) is 23.5 Å². The average Bonchev–Trinajstić information content (AvgIpc) is 2.96. The molecule has 2 aromatic carbocycles. The van der Waals surface area contributed by atoms with Crippen molar-refractivity contribution in [2.75, 3.05) is 5.32 Å². The van der Waals surface area contributed by atoms with E-state index in [4.69, 9.17) is 17.3 Å². The van der Waals surface area contributed by atoms with Crippen molar-refractivity contribution in [1.82, 2.24) is 9.78 Å². The van der Waals surface area contributed by atoms with E-state index in [0.29, 0.717) is 23.3 Å². The number of carbonyl (C=O) groups excluding carboxylic acids is 2. The fourth-order valence-electron chi connectivity index (χ4n) is 3.06. The van der Waals surface area contributed by atoms with E-state index < -0.39 is 29.0 Å². The number of rotatable bonds is 6. The molecule has 0 radical (unpaired) electrons. The van der Waals surface area contributed by atoms with E-state index >= 15 is 0 Å². The Hall–Kier alpha value is -3.52. The number of primary amides is 1. The molecule has 1 aromatic heterocycles. The number of benzene rings is 2. The second-order valence-electron chi connectivity index (χ2n) is 6.83. The molecule has 1 heterocycles. The molecule has 0 aliphatic rings. The Morgan fingerprint density at radius 1 is 1.19 bits per heavy atom. The summed E-state index contributed by atoms with van der Waals surface area (Å²) in [5.74, 6) is -3.86. The number of nitrogens with zero attached hydrogens (tertiary/aromatic N) is 2. The third-order valence-corrected chi connectivity index (χ3v) is 5.07. The zero-order valence-corrected chi connectivity index (χ0v) is 17.5. The van der Waals surface area contributed by atoms with Crippen molar-refractivity contribution in [3.05, 3.63) is 87.2 Å². The van der Waals surface area contributed by atoms with E-state index in [1.807, 2.05) is 25.1 Å². The fraction of sp³-hybridized carbons (Fsp3) is 0.136. The van der Waals surface area contributed by atoms with Crippen LogP contribution >= 0.6 is 11.6 Å². The van der Waals surface area contributed by atoms with E-state index in [9.17, 15) is 18.4 Å². The molecule has 0 aliphatic heterocycles. The highest BCUT2D eigenvalue weighted by atomic mass is 35.5. The van der Waals surface area contributed by atoms with E-state index in [1.165, 1.54) is 6.08 Å². The molecule has 0 fully saturated rings. The Morgan fingerprint density at radius 3 is 2.58 bits per heavy atom. The Balaban J connectivity index is 1.79. The molecule has 9 heteroatoms. The number of anilines is 1. The minimum absolute atomic E-state index is 0.354. The predicted octanol–water partition coefficient (Wildman–Crippen LogP) is 4.23. The van der Waals surface area contributed by atoms with Gasteiger partial charge in [0.25, 0.3) is 5.91 Å². The highest BCUT2D eigenvalue weighted by molar-refractivity contribution is 6.31. The number of hydrogen-bond donors (Lipinski definition) is 2. The minimum atomic E-state index is -1.10. The summed E-state index contributed by atoms with van der Waals surface area (Å²) in [5, 5.41) is 7.39. The van der Waals surface area contributed by atoms with Crippen LogP contribution in [0.1, 0.15) is 32.9 Å². The molecule has 3 N–H and O–H groups in total. The van der Waals surface area contributed by atoms with Crippen molar-refractivity contribution in [3.8, 4) is 0 Å². The third-order valence-electron chi connectivity index (χ3n) is 4.70. The first-order valence-corrected chi connectivity index (χ1v) is 9.60. The molecule has 2 amide bonds. The zero-order chi connectivity index (χ0) is 22.7. The molecule has 31 heavy (non-hydrogen) atoms. The monoisotopic (exact) mass is 444 g/mol. The van der Waals surface area contributed by atoms with Crippen LogP contribution in [0.15, 0.2) is 42.5 Å². The van der Waals surface area contributed by atoms with Crippen molar-refractivity contribution in [2.24, 2.45) is 5.73 Å². The molecule has 3 aromatic rings. The first kappa shape index (κ1) is 22.2. The summed E-state index contributed by atoms with van der Waals surface area (Å²) >= 11 is 6.21. The van der Waals surface area contributed by atoms with Gasteiger partial charge in [0.1, 0.15) is 11.6 Å². The van der Waals surface area contributed by atoms with Crippen molar-refractivity contribution < 1.29 is 18.4 Å². The van der Waals surface area contributed by atoms with Crippen molar-refractivity contribution in [1.29, 1.82) is 0 Å². The van der Waals surface area contributed by atoms with Gasteiger partial charge in [0.2, 0.25) is 5.91 Å². The molecule has 0 saturated heterocycles. The minimum Gasteiger partial charge on any atom is -0.366 e. The lowest BCUT2D eigenvalue weighted by Crippen LogP contribution is -2.16. The van der Waals surface area contributed by atoms with Gasteiger partial charge in [-0.3, -0.25) is 14.3 Å². The second kappa shape index (κ2) is 9.09. The van der Waals surface area contributed by atoms with Crippen LogP contribution in [-0.4, -0.2) is 21.6 Å². The van der Waals surface area contributed by atoms with Gasteiger partial charge >= 0.3 is 0 Å². The number of carbonyl (C=O) groups is 2. The van der Waals surface area contributed by atoms with Crippen LogP contribution in [0.5, 0.6) is 0 Å². The van der Waals surface area contributed by atoms with Gasteiger partial charge < -0.3 is 11.1 Å². The summed E-state index contributed by atoms with van der Waals surface area (Å²) in [4.78, 5) is 23.5. The average molecular weight is 445 g/mol. The maximum absolute atomic E-state index is 13.9. The molecule has 0 unspecified atom stereocenters. The van der Waals surface area contributed by atoms with Crippen LogP contribution in [0.25, 0.3) is 6.08 Å². The maximum atomic E-state index is 13.9. The molecule has 6 nitrogen and oxygen atoms in total. The van der Waals surface area contributed by atoms with Crippen LogP contribution in [0.3, 0.4) is 0 Å². The smallest absolute Gasteiger partial charge is 0.251 e. The van der Waals surface area contributed by atoms with Crippen LogP contribution in [-0.2, 0) is 11.3 Å². The lowest BCUT2D eigenvalue weighted by molar-refractivity contribution is -0.111. The van der Waals surface area contributed by atoms with E-state index in [1.54, 1.807) is 23.7 Å².